The molecule has 0 amide bonds. The molecule has 2 rings (SSSR count). The number of aryl methyl sites for hydroxylation is 1. The first-order valence-corrected chi connectivity index (χ1v) is 5.31. The average Bonchev–Trinajstić information content (AvgIpc) is 2.27. The first kappa shape index (κ1) is 9.69. The normalized spacial score (nSPS) is 20.6. The molecule has 76 valence electrons. The van der Waals surface area contributed by atoms with Gasteiger partial charge in [0.25, 0.3) is 0 Å². The summed E-state index contributed by atoms with van der Waals surface area (Å²) in [5.74, 6) is 0. The van der Waals surface area contributed by atoms with Gasteiger partial charge in [0, 0.05) is 0 Å². The van der Waals surface area contributed by atoms with Gasteiger partial charge in [0.2, 0.25) is 0 Å². The Hall–Kier alpha value is -0.860. The quantitative estimate of drug-likeness (QED) is 0.741. The standard InChI is InChI=1S/C12H17NO/c1-2-9-3-4-10-5-6-13-12(8-14)11(10)7-9/h3-4,7,12-14H,2,5-6,8H2,1H3/t12-/m0/s1. The van der Waals surface area contributed by atoms with Crippen LogP contribution in [0.15, 0.2) is 18.2 Å². The fourth-order valence-corrected chi connectivity index (χ4v) is 2.07. The SMILES string of the molecule is CCc1ccc2c(c1)[C@H](CO)NCC2. The van der Waals surface area contributed by atoms with Crippen LogP contribution in [-0.4, -0.2) is 18.3 Å². The topological polar surface area (TPSA) is 32.3 Å². The summed E-state index contributed by atoms with van der Waals surface area (Å²) in [6.07, 6.45) is 2.14. The summed E-state index contributed by atoms with van der Waals surface area (Å²) in [6.45, 7) is 3.33. The zero-order valence-corrected chi connectivity index (χ0v) is 8.59. The minimum atomic E-state index is 0.144. The highest BCUT2D eigenvalue weighted by atomic mass is 16.3. The zero-order valence-electron chi connectivity index (χ0n) is 8.59. The number of hydrogen-bond acceptors (Lipinski definition) is 2. The minimum Gasteiger partial charge on any atom is -0.394 e. The molecular weight excluding hydrogens is 174 g/mol. The van der Waals surface area contributed by atoms with Crippen molar-refractivity contribution in [3.8, 4) is 0 Å². The lowest BCUT2D eigenvalue weighted by molar-refractivity contribution is 0.240. The molecular formula is C12H17NO. The number of aliphatic hydroxyl groups excluding tert-OH is 1. The molecule has 1 aliphatic rings. The monoisotopic (exact) mass is 191 g/mol. The Bertz CT molecular complexity index is 322. The predicted molar refractivity (Wildman–Crippen MR) is 57.4 cm³/mol. The molecule has 1 aliphatic heterocycles. The summed E-state index contributed by atoms with van der Waals surface area (Å²) < 4.78 is 0. The van der Waals surface area contributed by atoms with Crippen molar-refractivity contribution in [2.45, 2.75) is 25.8 Å². The van der Waals surface area contributed by atoms with E-state index in [1.54, 1.807) is 0 Å². The van der Waals surface area contributed by atoms with Crippen molar-refractivity contribution >= 4 is 0 Å². The maximum atomic E-state index is 9.24. The molecule has 1 atom stereocenters. The van der Waals surface area contributed by atoms with Crippen LogP contribution in [0, 0.1) is 0 Å². The molecule has 1 aromatic carbocycles. The molecule has 0 unspecified atom stereocenters. The molecule has 0 saturated heterocycles. The highest BCUT2D eigenvalue weighted by molar-refractivity contribution is 5.36. The van der Waals surface area contributed by atoms with Crippen LogP contribution in [0.2, 0.25) is 0 Å². The average molecular weight is 191 g/mol. The first-order valence-electron chi connectivity index (χ1n) is 5.31. The van der Waals surface area contributed by atoms with Gasteiger partial charge in [0.05, 0.1) is 12.6 Å². The van der Waals surface area contributed by atoms with Crippen molar-refractivity contribution in [3.63, 3.8) is 0 Å². The Morgan fingerprint density at radius 1 is 1.50 bits per heavy atom. The van der Waals surface area contributed by atoms with Crippen molar-refractivity contribution in [2.75, 3.05) is 13.2 Å². The molecule has 1 heterocycles. The molecule has 2 nitrogen and oxygen atoms in total. The highest BCUT2D eigenvalue weighted by Gasteiger charge is 2.18. The van der Waals surface area contributed by atoms with Gasteiger partial charge in [-0.15, -0.1) is 0 Å². The van der Waals surface area contributed by atoms with Crippen molar-refractivity contribution < 1.29 is 5.11 Å². The molecule has 1 aromatic rings. The van der Waals surface area contributed by atoms with E-state index < -0.39 is 0 Å². The van der Waals surface area contributed by atoms with E-state index >= 15 is 0 Å². The Labute approximate surface area is 85.0 Å². The van der Waals surface area contributed by atoms with Gasteiger partial charge in [0.1, 0.15) is 0 Å². The molecule has 0 fully saturated rings. The van der Waals surface area contributed by atoms with Gasteiger partial charge < -0.3 is 10.4 Å². The first-order chi connectivity index (χ1) is 6.85. The van der Waals surface area contributed by atoms with Crippen LogP contribution in [0.3, 0.4) is 0 Å². The predicted octanol–water partition coefficient (Wildman–Crippen LogP) is 1.43. The summed E-state index contributed by atoms with van der Waals surface area (Å²) >= 11 is 0. The summed E-state index contributed by atoms with van der Waals surface area (Å²) in [6, 6.07) is 6.77. The second kappa shape index (κ2) is 4.11. The third kappa shape index (κ3) is 1.68. The number of aliphatic hydroxyl groups is 1. The van der Waals surface area contributed by atoms with Crippen LogP contribution in [0.25, 0.3) is 0 Å². The zero-order chi connectivity index (χ0) is 9.97. The smallest absolute Gasteiger partial charge is 0.0626 e. The van der Waals surface area contributed by atoms with Crippen LogP contribution < -0.4 is 5.32 Å². The van der Waals surface area contributed by atoms with Gasteiger partial charge in [-0.05, 0) is 36.1 Å². The van der Waals surface area contributed by atoms with Crippen LogP contribution in [0.4, 0.5) is 0 Å². The summed E-state index contributed by atoms with van der Waals surface area (Å²) in [7, 11) is 0. The largest absolute Gasteiger partial charge is 0.394 e. The summed E-state index contributed by atoms with van der Waals surface area (Å²) in [5.41, 5.74) is 4.03. The molecule has 0 spiro atoms. The summed E-state index contributed by atoms with van der Waals surface area (Å²) in [5, 5.41) is 12.6. The van der Waals surface area contributed by atoms with Gasteiger partial charge in [-0.3, -0.25) is 0 Å². The molecule has 0 saturated carbocycles. The fourth-order valence-electron chi connectivity index (χ4n) is 2.07. The second-order valence-electron chi connectivity index (χ2n) is 3.83. The lowest BCUT2D eigenvalue weighted by atomic mass is 9.92. The molecule has 0 bridgehead atoms. The fraction of sp³-hybridized carbons (Fsp3) is 0.500. The minimum absolute atomic E-state index is 0.144. The lowest BCUT2D eigenvalue weighted by Crippen LogP contribution is -2.32. The number of benzene rings is 1. The number of fused-ring (bicyclic) bond motifs is 1. The maximum absolute atomic E-state index is 9.24. The van der Waals surface area contributed by atoms with E-state index in [0.29, 0.717) is 0 Å². The molecule has 2 N–H and O–H groups in total. The van der Waals surface area contributed by atoms with Gasteiger partial charge in [0.15, 0.2) is 0 Å². The Morgan fingerprint density at radius 3 is 3.07 bits per heavy atom. The molecule has 2 heteroatoms. The molecule has 0 radical (unpaired) electrons. The maximum Gasteiger partial charge on any atom is 0.0626 e. The van der Waals surface area contributed by atoms with Crippen LogP contribution >= 0.6 is 0 Å². The number of rotatable bonds is 2. The Kier molecular flexibility index (Phi) is 2.85. The van der Waals surface area contributed by atoms with E-state index in [4.69, 9.17) is 0 Å². The Morgan fingerprint density at radius 2 is 2.36 bits per heavy atom. The van der Waals surface area contributed by atoms with Gasteiger partial charge in [-0.25, -0.2) is 0 Å². The third-order valence-corrected chi connectivity index (χ3v) is 2.96. The van der Waals surface area contributed by atoms with Crippen molar-refractivity contribution in [1.29, 1.82) is 0 Å². The molecule has 14 heavy (non-hydrogen) atoms. The number of hydrogen-bond donors (Lipinski definition) is 2. The van der Waals surface area contributed by atoms with E-state index in [1.165, 1.54) is 16.7 Å². The van der Waals surface area contributed by atoms with E-state index in [-0.39, 0.29) is 12.6 Å². The van der Waals surface area contributed by atoms with E-state index in [0.717, 1.165) is 19.4 Å². The Balaban J connectivity index is 2.38. The van der Waals surface area contributed by atoms with Crippen LogP contribution in [0.1, 0.15) is 29.7 Å². The lowest BCUT2D eigenvalue weighted by Gasteiger charge is -2.25. The van der Waals surface area contributed by atoms with E-state index in [1.807, 2.05) is 0 Å². The van der Waals surface area contributed by atoms with E-state index in [9.17, 15) is 5.11 Å². The molecule has 0 aliphatic carbocycles. The second-order valence-corrected chi connectivity index (χ2v) is 3.83. The van der Waals surface area contributed by atoms with Crippen LogP contribution in [-0.2, 0) is 12.8 Å². The summed E-state index contributed by atoms with van der Waals surface area (Å²) in [4.78, 5) is 0. The van der Waals surface area contributed by atoms with Crippen molar-refractivity contribution in [3.05, 3.63) is 34.9 Å². The third-order valence-electron chi connectivity index (χ3n) is 2.96. The van der Waals surface area contributed by atoms with Gasteiger partial charge in [-0.2, -0.15) is 0 Å². The molecule has 0 aromatic heterocycles. The van der Waals surface area contributed by atoms with Gasteiger partial charge in [-0.1, -0.05) is 25.1 Å². The highest BCUT2D eigenvalue weighted by Crippen LogP contribution is 2.23. The van der Waals surface area contributed by atoms with Gasteiger partial charge >= 0.3 is 0 Å². The van der Waals surface area contributed by atoms with Crippen molar-refractivity contribution in [2.24, 2.45) is 0 Å². The van der Waals surface area contributed by atoms with Crippen molar-refractivity contribution in [1.82, 2.24) is 5.32 Å². The number of nitrogens with one attached hydrogen (secondary N) is 1. The van der Waals surface area contributed by atoms with Crippen LogP contribution in [0.5, 0.6) is 0 Å². The van der Waals surface area contributed by atoms with E-state index in [2.05, 4.69) is 30.4 Å².